The van der Waals surface area contributed by atoms with Crippen LogP contribution in [0.3, 0.4) is 0 Å². The maximum Gasteiger partial charge on any atom is 0.0804 e. The van der Waals surface area contributed by atoms with E-state index in [1.54, 1.807) is 0 Å². The maximum absolute atomic E-state index is 6.08. The van der Waals surface area contributed by atoms with Crippen LogP contribution < -0.4 is 5.32 Å². The zero-order valence-corrected chi connectivity index (χ0v) is 14.7. The number of fused-ring (bicyclic) bond motifs is 1. The van der Waals surface area contributed by atoms with E-state index in [4.69, 9.17) is 11.6 Å². The molecule has 1 saturated carbocycles. The van der Waals surface area contributed by atoms with Crippen LogP contribution in [0.4, 0.5) is 0 Å². The molecule has 1 aromatic carbocycles. The number of nitrogens with zero attached hydrogens (tertiary/aromatic N) is 1. The lowest BCUT2D eigenvalue weighted by Crippen LogP contribution is -2.38. The summed E-state index contributed by atoms with van der Waals surface area (Å²) in [6.45, 7) is 6.29. The lowest BCUT2D eigenvalue weighted by atomic mass is 9.93. The molecule has 120 valence electrons. The highest BCUT2D eigenvalue weighted by molar-refractivity contribution is 7.10. The molecule has 2 heterocycles. The molecule has 0 bridgehead atoms. The summed E-state index contributed by atoms with van der Waals surface area (Å²) in [6.07, 6.45) is 3.73. The van der Waals surface area contributed by atoms with Crippen molar-refractivity contribution in [2.45, 2.75) is 31.3 Å². The van der Waals surface area contributed by atoms with Crippen LogP contribution in [0.1, 0.15) is 34.9 Å². The van der Waals surface area contributed by atoms with Gasteiger partial charge in [-0.05, 0) is 54.0 Å². The number of halogens is 1. The zero-order valence-electron chi connectivity index (χ0n) is 13.1. The van der Waals surface area contributed by atoms with Gasteiger partial charge in [-0.25, -0.2) is 0 Å². The molecule has 1 aliphatic carbocycles. The molecule has 4 heteroatoms. The third-order valence-electron chi connectivity index (χ3n) is 4.73. The number of rotatable bonds is 5. The average Bonchev–Trinajstić information content (AvgIpc) is 3.27. The Labute approximate surface area is 146 Å². The Morgan fingerprint density at radius 3 is 2.78 bits per heavy atom. The molecule has 0 radical (unpaired) electrons. The molecule has 0 saturated heterocycles. The SMILES string of the molecule is C=C(CNC1CC1)N1CCc2sccc2C1c1ccc(Cl)cc1. The Balaban J connectivity index is 1.63. The van der Waals surface area contributed by atoms with Gasteiger partial charge in [0, 0.05) is 34.7 Å². The van der Waals surface area contributed by atoms with Gasteiger partial charge in [0.2, 0.25) is 0 Å². The highest BCUT2D eigenvalue weighted by atomic mass is 35.5. The van der Waals surface area contributed by atoms with Crippen LogP contribution in [0.5, 0.6) is 0 Å². The fourth-order valence-corrected chi connectivity index (χ4v) is 4.34. The second-order valence-electron chi connectivity index (χ2n) is 6.42. The van der Waals surface area contributed by atoms with Gasteiger partial charge in [-0.1, -0.05) is 30.3 Å². The van der Waals surface area contributed by atoms with Crippen LogP contribution in [0.25, 0.3) is 0 Å². The van der Waals surface area contributed by atoms with Crippen molar-refractivity contribution >= 4 is 22.9 Å². The lowest BCUT2D eigenvalue weighted by molar-refractivity contribution is 0.270. The summed E-state index contributed by atoms with van der Waals surface area (Å²) < 4.78 is 0. The van der Waals surface area contributed by atoms with Crippen molar-refractivity contribution < 1.29 is 0 Å². The van der Waals surface area contributed by atoms with Gasteiger partial charge in [-0.2, -0.15) is 0 Å². The molecule has 2 aromatic rings. The Bertz CT molecular complexity index is 702. The number of hydrogen-bond donors (Lipinski definition) is 1. The number of hydrogen-bond acceptors (Lipinski definition) is 3. The van der Waals surface area contributed by atoms with Crippen LogP contribution in [-0.2, 0) is 6.42 Å². The number of thiophene rings is 1. The molecular formula is C19H21ClN2S. The van der Waals surface area contributed by atoms with Crippen LogP contribution in [0.2, 0.25) is 5.02 Å². The third kappa shape index (κ3) is 3.18. The Hall–Kier alpha value is -1.29. The van der Waals surface area contributed by atoms with Gasteiger partial charge in [0.1, 0.15) is 0 Å². The molecule has 1 aromatic heterocycles. The molecule has 1 aliphatic heterocycles. The Kier molecular flexibility index (Phi) is 4.18. The van der Waals surface area contributed by atoms with Gasteiger partial charge < -0.3 is 10.2 Å². The summed E-state index contributed by atoms with van der Waals surface area (Å²) >= 11 is 7.95. The van der Waals surface area contributed by atoms with Crippen LogP contribution in [-0.4, -0.2) is 24.0 Å². The van der Waals surface area contributed by atoms with Crippen molar-refractivity contribution in [1.82, 2.24) is 10.2 Å². The van der Waals surface area contributed by atoms with E-state index < -0.39 is 0 Å². The van der Waals surface area contributed by atoms with Crippen LogP contribution in [0.15, 0.2) is 48.0 Å². The van der Waals surface area contributed by atoms with E-state index in [0.29, 0.717) is 6.04 Å². The van der Waals surface area contributed by atoms with Gasteiger partial charge in [0.15, 0.2) is 0 Å². The quantitative estimate of drug-likeness (QED) is 0.851. The van der Waals surface area contributed by atoms with E-state index in [9.17, 15) is 0 Å². The summed E-state index contributed by atoms with van der Waals surface area (Å²) in [5, 5.41) is 6.59. The van der Waals surface area contributed by atoms with E-state index >= 15 is 0 Å². The van der Waals surface area contributed by atoms with Crippen LogP contribution >= 0.6 is 22.9 Å². The average molecular weight is 345 g/mol. The first-order valence-corrected chi connectivity index (χ1v) is 9.47. The first kappa shape index (κ1) is 15.3. The minimum absolute atomic E-state index is 0.260. The molecule has 0 spiro atoms. The van der Waals surface area contributed by atoms with Gasteiger partial charge in [0.05, 0.1) is 6.04 Å². The third-order valence-corrected chi connectivity index (χ3v) is 5.98. The predicted molar refractivity (Wildman–Crippen MR) is 98.2 cm³/mol. The maximum atomic E-state index is 6.08. The summed E-state index contributed by atoms with van der Waals surface area (Å²) in [7, 11) is 0. The molecule has 23 heavy (non-hydrogen) atoms. The highest BCUT2D eigenvalue weighted by Crippen LogP contribution is 2.39. The molecule has 1 atom stereocenters. The lowest BCUT2D eigenvalue weighted by Gasteiger charge is -2.39. The van der Waals surface area contributed by atoms with Crippen molar-refractivity contribution in [3.05, 3.63) is 69.0 Å². The van der Waals surface area contributed by atoms with Crippen molar-refractivity contribution in [3.8, 4) is 0 Å². The highest BCUT2D eigenvalue weighted by Gasteiger charge is 2.31. The van der Waals surface area contributed by atoms with E-state index in [0.717, 1.165) is 24.5 Å². The second-order valence-corrected chi connectivity index (χ2v) is 7.86. The summed E-state index contributed by atoms with van der Waals surface area (Å²) in [5.74, 6) is 0. The fourth-order valence-electron chi connectivity index (χ4n) is 3.31. The van der Waals surface area contributed by atoms with Crippen molar-refractivity contribution in [3.63, 3.8) is 0 Å². The van der Waals surface area contributed by atoms with E-state index in [1.807, 2.05) is 23.5 Å². The van der Waals surface area contributed by atoms with Crippen molar-refractivity contribution in [2.75, 3.05) is 13.1 Å². The normalized spacial score (nSPS) is 20.4. The monoisotopic (exact) mass is 344 g/mol. The summed E-state index contributed by atoms with van der Waals surface area (Å²) in [5.41, 5.74) is 3.91. The topological polar surface area (TPSA) is 15.3 Å². The first-order chi connectivity index (χ1) is 11.2. The Morgan fingerprint density at radius 1 is 1.26 bits per heavy atom. The summed E-state index contributed by atoms with van der Waals surface area (Å²) in [4.78, 5) is 3.97. The molecule has 2 nitrogen and oxygen atoms in total. The van der Waals surface area contributed by atoms with Crippen LogP contribution in [0, 0.1) is 0 Å². The molecule has 1 N–H and O–H groups in total. The summed E-state index contributed by atoms with van der Waals surface area (Å²) in [6, 6.07) is 11.5. The number of benzene rings is 1. The Morgan fingerprint density at radius 2 is 2.04 bits per heavy atom. The molecule has 1 fully saturated rings. The van der Waals surface area contributed by atoms with E-state index in [2.05, 4.69) is 40.4 Å². The molecule has 1 unspecified atom stereocenters. The van der Waals surface area contributed by atoms with Gasteiger partial charge in [-0.15, -0.1) is 11.3 Å². The van der Waals surface area contributed by atoms with Crippen molar-refractivity contribution in [1.29, 1.82) is 0 Å². The van der Waals surface area contributed by atoms with Gasteiger partial charge in [-0.3, -0.25) is 0 Å². The molecule has 2 aliphatic rings. The standard InChI is InChI=1S/C19H21ClN2S/c1-13(12-21-16-6-7-16)22-10-8-18-17(9-11-23-18)19(22)14-2-4-15(20)5-3-14/h2-5,9,11,16,19,21H,1,6-8,10,12H2. The van der Waals surface area contributed by atoms with Gasteiger partial charge in [0.25, 0.3) is 0 Å². The van der Waals surface area contributed by atoms with Gasteiger partial charge >= 0.3 is 0 Å². The molecule has 4 rings (SSSR count). The predicted octanol–water partition coefficient (Wildman–Crippen LogP) is 4.61. The smallest absolute Gasteiger partial charge is 0.0804 e. The molecule has 0 amide bonds. The first-order valence-electron chi connectivity index (χ1n) is 8.22. The van der Waals surface area contributed by atoms with Crippen molar-refractivity contribution in [2.24, 2.45) is 0 Å². The zero-order chi connectivity index (χ0) is 15.8. The largest absolute Gasteiger partial charge is 0.363 e. The van der Waals surface area contributed by atoms with E-state index in [1.165, 1.54) is 34.5 Å². The molecular weight excluding hydrogens is 324 g/mol. The van der Waals surface area contributed by atoms with E-state index in [-0.39, 0.29) is 6.04 Å². The minimum atomic E-state index is 0.260. The number of nitrogens with one attached hydrogen (secondary N) is 1. The fraction of sp³-hybridized carbons (Fsp3) is 0.368. The second kappa shape index (κ2) is 6.31. The minimum Gasteiger partial charge on any atom is -0.363 e.